The summed E-state index contributed by atoms with van der Waals surface area (Å²) in [5.41, 5.74) is 0.0722. The van der Waals surface area contributed by atoms with Crippen LogP contribution in [0.3, 0.4) is 0 Å². The summed E-state index contributed by atoms with van der Waals surface area (Å²) in [5.74, 6) is 0.155. The molecule has 2 saturated heterocycles. The summed E-state index contributed by atoms with van der Waals surface area (Å²) in [6, 6.07) is 7.37. The van der Waals surface area contributed by atoms with Gasteiger partial charge in [0.15, 0.2) is 0 Å². The highest BCUT2D eigenvalue weighted by Crippen LogP contribution is 2.28. The minimum Gasteiger partial charge on any atom is -0.340 e. The lowest BCUT2D eigenvalue weighted by Crippen LogP contribution is -2.42. The van der Waals surface area contributed by atoms with E-state index >= 15 is 0 Å². The van der Waals surface area contributed by atoms with Crippen molar-refractivity contribution in [1.82, 2.24) is 10.2 Å². The number of carbonyl (C=O) groups is 1. The fourth-order valence-corrected chi connectivity index (χ4v) is 4.25. The zero-order valence-electron chi connectivity index (χ0n) is 13.1. The van der Waals surface area contributed by atoms with Crippen LogP contribution in [0.15, 0.2) is 29.2 Å². The second kappa shape index (κ2) is 6.88. The summed E-state index contributed by atoms with van der Waals surface area (Å²) in [6.07, 6.45) is 3.40. The average Bonchev–Trinajstić information content (AvgIpc) is 2.86. The molecule has 7 heteroatoms. The molecule has 2 heterocycles. The van der Waals surface area contributed by atoms with Gasteiger partial charge in [0, 0.05) is 42.2 Å². The van der Waals surface area contributed by atoms with E-state index in [9.17, 15) is 14.9 Å². The van der Waals surface area contributed by atoms with Gasteiger partial charge in [-0.2, -0.15) is 0 Å². The van der Waals surface area contributed by atoms with Crippen LogP contribution in [0.2, 0.25) is 0 Å². The van der Waals surface area contributed by atoms with Gasteiger partial charge < -0.3 is 10.2 Å². The minimum atomic E-state index is -0.414. The number of likely N-dealkylation sites (tertiary alicyclic amines) is 1. The number of hydrogen-bond acceptors (Lipinski definition) is 5. The molecule has 3 rings (SSSR count). The van der Waals surface area contributed by atoms with E-state index < -0.39 is 4.92 Å². The van der Waals surface area contributed by atoms with Gasteiger partial charge >= 0.3 is 0 Å². The van der Waals surface area contributed by atoms with Gasteiger partial charge in [-0.3, -0.25) is 14.9 Å². The number of carbonyl (C=O) groups excluding carboxylic acids is 1. The Morgan fingerprint density at radius 1 is 1.30 bits per heavy atom. The third-order valence-electron chi connectivity index (χ3n) is 4.54. The molecule has 2 bridgehead atoms. The molecule has 1 amide bonds. The second-order valence-corrected chi connectivity index (χ2v) is 7.64. The van der Waals surface area contributed by atoms with Gasteiger partial charge in [-0.1, -0.05) is 0 Å². The Hall–Kier alpha value is -1.60. The lowest BCUT2D eigenvalue weighted by molar-refractivity contribution is -0.384. The number of nitrogens with one attached hydrogen (secondary N) is 1. The molecule has 0 saturated carbocycles. The van der Waals surface area contributed by atoms with Gasteiger partial charge in [0.2, 0.25) is 5.91 Å². The van der Waals surface area contributed by atoms with E-state index in [1.54, 1.807) is 12.1 Å². The summed E-state index contributed by atoms with van der Waals surface area (Å²) in [4.78, 5) is 25.8. The lowest BCUT2D eigenvalue weighted by atomic mass is 10.1. The van der Waals surface area contributed by atoms with Crippen molar-refractivity contribution in [3.63, 3.8) is 0 Å². The Morgan fingerprint density at radius 3 is 2.70 bits per heavy atom. The number of nitro groups is 1. The SMILES string of the molecule is CC(Sc1ccc([N+](=O)[O-])cc1)C(=O)N1CCC2CCC(C1)N2. The molecule has 2 aliphatic rings. The van der Waals surface area contributed by atoms with Gasteiger partial charge in [-0.25, -0.2) is 0 Å². The number of benzene rings is 1. The average molecular weight is 335 g/mol. The van der Waals surface area contributed by atoms with Crippen molar-refractivity contribution in [2.45, 2.75) is 48.4 Å². The molecule has 0 aromatic heterocycles. The molecule has 1 aromatic carbocycles. The highest BCUT2D eigenvalue weighted by Gasteiger charge is 2.32. The Kier molecular flexibility index (Phi) is 4.87. The van der Waals surface area contributed by atoms with Crippen molar-refractivity contribution in [2.24, 2.45) is 0 Å². The van der Waals surface area contributed by atoms with Crippen LogP contribution in [0, 0.1) is 10.1 Å². The quantitative estimate of drug-likeness (QED) is 0.519. The van der Waals surface area contributed by atoms with Crippen LogP contribution in [-0.2, 0) is 4.79 Å². The van der Waals surface area contributed by atoms with Crippen LogP contribution in [0.5, 0.6) is 0 Å². The monoisotopic (exact) mass is 335 g/mol. The Bertz CT molecular complexity index is 593. The molecule has 2 aliphatic heterocycles. The predicted octanol–water partition coefficient (Wildman–Crippen LogP) is 2.43. The van der Waals surface area contributed by atoms with Crippen LogP contribution in [0.4, 0.5) is 5.69 Å². The summed E-state index contributed by atoms with van der Waals surface area (Å²) < 4.78 is 0. The van der Waals surface area contributed by atoms with Crippen molar-refractivity contribution < 1.29 is 9.72 Å². The first-order chi connectivity index (χ1) is 11.0. The van der Waals surface area contributed by atoms with Crippen LogP contribution >= 0.6 is 11.8 Å². The molecule has 0 spiro atoms. The molecule has 2 fully saturated rings. The molecule has 6 nitrogen and oxygen atoms in total. The fourth-order valence-electron chi connectivity index (χ4n) is 3.30. The Labute approximate surface area is 139 Å². The van der Waals surface area contributed by atoms with Crippen LogP contribution in [0.1, 0.15) is 26.2 Å². The zero-order chi connectivity index (χ0) is 16.4. The van der Waals surface area contributed by atoms with Crippen LogP contribution in [-0.4, -0.2) is 46.2 Å². The maximum atomic E-state index is 12.7. The summed E-state index contributed by atoms with van der Waals surface area (Å²) in [5, 5.41) is 14.1. The predicted molar refractivity (Wildman–Crippen MR) is 89.6 cm³/mol. The van der Waals surface area contributed by atoms with Gasteiger partial charge in [-0.15, -0.1) is 11.8 Å². The molecule has 124 valence electrons. The molecular weight excluding hydrogens is 314 g/mol. The Balaban J connectivity index is 1.59. The van der Waals surface area contributed by atoms with Gasteiger partial charge in [0.25, 0.3) is 5.69 Å². The number of nitrogens with zero attached hydrogens (tertiary/aromatic N) is 2. The summed E-state index contributed by atoms with van der Waals surface area (Å²) in [6.45, 7) is 3.52. The van der Waals surface area contributed by atoms with E-state index in [-0.39, 0.29) is 16.8 Å². The smallest absolute Gasteiger partial charge is 0.269 e. The molecule has 0 aliphatic carbocycles. The molecule has 23 heavy (non-hydrogen) atoms. The third kappa shape index (κ3) is 3.84. The first-order valence-electron chi connectivity index (χ1n) is 7.99. The molecule has 3 atom stereocenters. The number of rotatable bonds is 4. The Morgan fingerprint density at radius 2 is 2.00 bits per heavy atom. The first kappa shape index (κ1) is 16.3. The number of thioether (sulfide) groups is 1. The standard InChI is InChI=1S/C16H21N3O3S/c1-11(23-15-6-4-14(5-7-15)19(21)22)16(20)18-9-8-12-2-3-13(10-18)17-12/h4-7,11-13,17H,2-3,8-10H2,1H3. The second-order valence-electron chi connectivity index (χ2n) is 6.22. The molecule has 3 unspecified atom stereocenters. The van der Waals surface area contributed by atoms with Crippen molar-refractivity contribution in [2.75, 3.05) is 13.1 Å². The van der Waals surface area contributed by atoms with Crippen molar-refractivity contribution in [3.8, 4) is 0 Å². The van der Waals surface area contributed by atoms with E-state index in [0.29, 0.717) is 12.1 Å². The summed E-state index contributed by atoms with van der Waals surface area (Å²) in [7, 11) is 0. The van der Waals surface area contributed by atoms with Crippen molar-refractivity contribution in [3.05, 3.63) is 34.4 Å². The highest BCUT2D eigenvalue weighted by molar-refractivity contribution is 8.00. The molecule has 1 aromatic rings. The molecule has 0 radical (unpaired) electrons. The van der Waals surface area contributed by atoms with Gasteiger partial charge in [-0.05, 0) is 38.3 Å². The lowest BCUT2D eigenvalue weighted by Gasteiger charge is -2.27. The number of hydrogen-bond donors (Lipinski definition) is 1. The summed E-state index contributed by atoms with van der Waals surface area (Å²) >= 11 is 1.46. The largest absolute Gasteiger partial charge is 0.340 e. The number of nitro benzene ring substituents is 1. The fraction of sp³-hybridized carbons (Fsp3) is 0.562. The van der Waals surface area contributed by atoms with E-state index in [0.717, 1.165) is 30.8 Å². The van der Waals surface area contributed by atoms with E-state index in [2.05, 4.69) is 5.32 Å². The zero-order valence-corrected chi connectivity index (χ0v) is 13.9. The van der Waals surface area contributed by atoms with Crippen LogP contribution in [0.25, 0.3) is 0 Å². The van der Waals surface area contributed by atoms with E-state index in [1.807, 2.05) is 11.8 Å². The number of non-ortho nitro benzene ring substituents is 1. The topological polar surface area (TPSA) is 75.5 Å². The molecular formula is C16H21N3O3S. The van der Waals surface area contributed by atoms with Crippen LogP contribution < -0.4 is 5.32 Å². The van der Waals surface area contributed by atoms with Gasteiger partial charge in [0.05, 0.1) is 10.2 Å². The molecule has 1 N–H and O–H groups in total. The number of fused-ring (bicyclic) bond motifs is 2. The third-order valence-corrected chi connectivity index (χ3v) is 5.64. The minimum absolute atomic E-state index is 0.0722. The normalized spacial score (nSPS) is 25.0. The number of amides is 1. The van der Waals surface area contributed by atoms with E-state index in [1.165, 1.54) is 30.3 Å². The van der Waals surface area contributed by atoms with Crippen molar-refractivity contribution in [1.29, 1.82) is 0 Å². The maximum absolute atomic E-state index is 12.7. The first-order valence-corrected chi connectivity index (χ1v) is 8.87. The highest BCUT2D eigenvalue weighted by atomic mass is 32.2. The van der Waals surface area contributed by atoms with Gasteiger partial charge in [0.1, 0.15) is 0 Å². The maximum Gasteiger partial charge on any atom is 0.269 e. The van der Waals surface area contributed by atoms with Crippen molar-refractivity contribution >= 4 is 23.4 Å². The van der Waals surface area contributed by atoms with E-state index in [4.69, 9.17) is 0 Å².